The predicted octanol–water partition coefficient (Wildman–Crippen LogP) is 2.96. The zero-order chi connectivity index (χ0) is 25.0. The average Bonchev–Trinajstić information content (AvgIpc) is 2.86. The Morgan fingerprint density at radius 2 is 1.77 bits per heavy atom. The number of hydrogen-bond donors (Lipinski definition) is 3. The lowest BCUT2D eigenvalue weighted by Crippen LogP contribution is -2.59. The molecule has 0 radical (unpaired) electrons. The van der Waals surface area contributed by atoms with Crippen LogP contribution in [0.1, 0.15) is 78.6 Å². The van der Waals surface area contributed by atoms with E-state index in [1.54, 1.807) is 0 Å². The first-order chi connectivity index (χ1) is 16.8. The molecule has 4 rings (SSSR count). The minimum absolute atomic E-state index is 0.0355. The maximum atomic E-state index is 13.0. The van der Waals surface area contributed by atoms with Gasteiger partial charge in [-0.25, -0.2) is 0 Å². The fraction of sp³-hybridized carbons (Fsp3) is 0.929. The van der Waals surface area contributed by atoms with Gasteiger partial charge in [0, 0.05) is 44.1 Å². The van der Waals surface area contributed by atoms with Gasteiger partial charge in [-0.3, -0.25) is 14.5 Å². The summed E-state index contributed by atoms with van der Waals surface area (Å²) in [6.45, 7) is 11.4. The molecule has 1 saturated heterocycles. The van der Waals surface area contributed by atoms with Crippen LogP contribution in [0.4, 0.5) is 0 Å². The molecule has 4 aliphatic rings. The van der Waals surface area contributed by atoms with Crippen LogP contribution in [0, 0.1) is 35.0 Å². The van der Waals surface area contributed by atoms with Gasteiger partial charge in [-0.15, -0.1) is 0 Å². The van der Waals surface area contributed by atoms with Crippen LogP contribution in [0.15, 0.2) is 0 Å². The van der Waals surface area contributed by atoms with E-state index >= 15 is 0 Å². The zero-order valence-corrected chi connectivity index (χ0v) is 22.3. The lowest BCUT2D eigenvalue weighted by molar-refractivity contribution is -0.144. The van der Waals surface area contributed by atoms with Crippen molar-refractivity contribution < 1.29 is 19.4 Å². The minimum atomic E-state index is -0.516. The molecule has 0 aromatic rings. The molecule has 35 heavy (non-hydrogen) atoms. The lowest BCUT2D eigenvalue weighted by atomic mass is 9.51. The highest BCUT2D eigenvalue weighted by atomic mass is 16.5. The summed E-state index contributed by atoms with van der Waals surface area (Å²) in [7, 11) is 0. The number of carbonyl (C=O) groups is 2. The first kappa shape index (κ1) is 26.9. The van der Waals surface area contributed by atoms with Crippen LogP contribution in [-0.2, 0) is 14.3 Å². The summed E-state index contributed by atoms with van der Waals surface area (Å²) >= 11 is 0. The molecule has 200 valence electrons. The van der Waals surface area contributed by atoms with Gasteiger partial charge in [0.25, 0.3) is 0 Å². The molecule has 3 saturated carbocycles. The summed E-state index contributed by atoms with van der Waals surface area (Å²) in [5, 5.41) is 18.1. The van der Waals surface area contributed by atoms with Crippen LogP contribution < -0.4 is 10.6 Å². The van der Waals surface area contributed by atoms with Crippen LogP contribution in [0.25, 0.3) is 0 Å². The van der Waals surface area contributed by atoms with Gasteiger partial charge in [0.2, 0.25) is 11.8 Å². The number of aliphatic hydroxyl groups excluding tert-OH is 1. The number of nitrogens with zero attached hydrogens (tertiary/aromatic N) is 1. The van der Waals surface area contributed by atoms with Crippen LogP contribution >= 0.6 is 0 Å². The topological polar surface area (TPSA) is 90.9 Å². The van der Waals surface area contributed by atoms with Gasteiger partial charge in [-0.1, -0.05) is 40.0 Å². The number of morpholine rings is 1. The fourth-order valence-electron chi connectivity index (χ4n) is 7.68. The Bertz CT molecular complexity index is 721. The Balaban J connectivity index is 1.33. The second kappa shape index (κ2) is 11.9. The van der Waals surface area contributed by atoms with E-state index in [9.17, 15) is 14.7 Å². The molecule has 0 aromatic carbocycles. The molecule has 0 aromatic heterocycles. The van der Waals surface area contributed by atoms with Crippen LogP contribution in [0.5, 0.6) is 0 Å². The number of ether oxygens (including phenoxy) is 1. The van der Waals surface area contributed by atoms with E-state index in [-0.39, 0.29) is 52.9 Å². The van der Waals surface area contributed by atoms with Crippen molar-refractivity contribution in [3.8, 4) is 0 Å². The van der Waals surface area contributed by atoms with E-state index in [2.05, 4.69) is 29.4 Å². The number of carbonyl (C=O) groups excluding carboxylic acids is 2. The van der Waals surface area contributed by atoms with E-state index in [0.29, 0.717) is 6.54 Å². The number of hydrogen-bond acceptors (Lipinski definition) is 5. The zero-order valence-electron chi connectivity index (χ0n) is 22.3. The van der Waals surface area contributed by atoms with Crippen LogP contribution in [0.2, 0.25) is 0 Å². The smallest absolute Gasteiger partial charge is 0.223 e. The van der Waals surface area contributed by atoms with Crippen molar-refractivity contribution in [1.29, 1.82) is 0 Å². The summed E-state index contributed by atoms with van der Waals surface area (Å²) < 4.78 is 5.40. The molecule has 7 nitrogen and oxygen atoms in total. The van der Waals surface area contributed by atoms with E-state index in [1.165, 1.54) is 6.42 Å². The van der Waals surface area contributed by atoms with Gasteiger partial charge < -0.3 is 20.5 Å². The molecule has 0 spiro atoms. The van der Waals surface area contributed by atoms with Crippen molar-refractivity contribution in [2.45, 2.75) is 90.7 Å². The third kappa shape index (κ3) is 6.22. The second-order valence-corrected chi connectivity index (χ2v) is 12.3. The minimum Gasteiger partial charge on any atom is -0.392 e. The van der Waals surface area contributed by atoms with E-state index in [0.717, 1.165) is 84.2 Å². The van der Waals surface area contributed by atoms with E-state index in [4.69, 9.17) is 4.74 Å². The van der Waals surface area contributed by atoms with Gasteiger partial charge >= 0.3 is 0 Å². The van der Waals surface area contributed by atoms with Crippen LogP contribution in [0.3, 0.4) is 0 Å². The SMILES string of the molecule is C[C@H]1[C@@H]2[C@@H](O)[C@@H]([C@H](C)C(=O)NCCN3CCOCC3)CC[C@@]2(C)CC[C@@H]1NC(=O)C1CCCCC1. The molecule has 1 heterocycles. The number of fused-ring (bicyclic) bond motifs is 1. The van der Waals surface area contributed by atoms with E-state index in [1.807, 2.05) is 6.92 Å². The van der Waals surface area contributed by atoms with Gasteiger partial charge in [0.1, 0.15) is 0 Å². The predicted molar refractivity (Wildman–Crippen MR) is 137 cm³/mol. The van der Waals surface area contributed by atoms with E-state index < -0.39 is 6.10 Å². The normalized spacial score (nSPS) is 37.8. The first-order valence-corrected chi connectivity index (χ1v) is 14.4. The monoisotopic (exact) mass is 491 g/mol. The Labute approximate surface area is 212 Å². The third-order valence-corrected chi connectivity index (χ3v) is 10.1. The molecule has 7 atom stereocenters. The van der Waals surface area contributed by atoms with Crippen LogP contribution in [-0.4, -0.2) is 73.4 Å². The standard InChI is InChI=1S/C28H49N3O4/c1-19(26(33)29-13-14-31-15-17-35-18-16-31)22-9-11-28(3)12-10-23(20(2)24(28)25(22)32)30-27(34)21-7-5-4-6-8-21/h19-25,32H,4-18H2,1-3H3,(H,29,33)(H,30,34)/t19-,20+,22+,23-,24+,25-,28-/m0/s1. The molecule has 7 heteroatoms. The second-order valence-electron chi connectivity index (χ2n) is 12.3. The molecule has 4 fully saturated rings. The molecule has 1 aliphatic heterocycles. The highest BCUT2D eigenvalue weighted by Crippen LogP contribution is 2.55. The Kier molecular flexibility index (Phi) is 9.14. The lowest BCUT2D eigenvalue weighted by Gasteiger charge is -2.56. The quantitative estimate of drug-likeness (QED) is 0.509. The largest absolute Gasteiger partial charge is 0.392 e. The van der Waals surface area contributed by atoms with Gasteiger partial charge in [-0.2, -0.15) is 0 Å². The molecular formula is C28H49N3O4. The molecule has 0 bridgehead atoms. The molecule has 2 amide bonds. The number of aliphatic hydroxyl groups is 1. The van der Waals surface area contributed by atoms with Gasteiger partial charge in [-0.05, 0) is 61.7 Å². The van der Waals surface area contributed by atoms with Gasteiger partial charge in [0.15, 0.2) is 0 Å². The Hall–Kier alpha value is -1.18. The van der Waals surface area contributed by atoms with Crippen molar-refractivity contribution >= 4 is 11.8 Å². The van der Waals surface area contributed by atoms with Crippen molar-refractivity contribution in [3.63, 3.8) is 0 Å². The number of nitrogens with one attached hydrogen (secondary N) is 2. The average molecular weight is 492 g/mol. The number of amides is 2. The summed E-state index contributed by atoms with van der Waals surface area (Å²) in [6, 6.07) is 0.119. The Morgan fingerprint density at radius 3 is 2.49 bits per heavy atom. The van der Waals surface area contributed by atoms with Gasteiger partial charge in [0.05, 0.1) is 19.3 Å². The third-order valence-electron chi connectivity index (χ3n) is 10.1. The Morgan fingerprint density at radius 1 is 1.09 bits per heavy atom. The molecule has 3 N–H and O–H groups in total. The van der Waals surface area contributed by atoms with Crippen molar-refractivity contribution in [1.82, 2.24) is 15.5 Å². The summed E-state index contributed by atoms with van der Waals surface area (Å²) in [5.41, 5.74) is 0.0773. The maximum Gasteiger partial charge on any atom is 0.223 e. The fourth-order valence-corrected chi connectivity index (χ4v) is 7.68. The van der Waals surface area contributed by atoms with Crippen molar-refractivity contribution in [3.05, 3.63) is 0 Å². The molecule has 0 unspecified atom stereocenters. The summed E-state index contributed by atoms with van der Waals surface area (Å²) in [4.78, 5) is 28.3. The summed E-state index contributed by atoms with van der Waals surface area (Å²) in [6.07, 6.45) is 9.01. The van der Waals surface area contributed by atoms with Crippen molar-refractivity contribution in [2.75, 3.05) is 39.4 Å². The van der Waals surface area contributed by atoms with Crippen molar-refractivity contribution in [2.24, 2.45) is 35.0 Å². The first-order valence-electron chi connectivity index (χ1n) is 14.4. The number of rotatable bonds is 7. The highest BCUT2D eigenvalue weighted by molar-refractivity contribution is 5.79. The maximum absolute atomic E-state index is 13.0. The molecular weight excluding hydrogens is 442 g/mol. The summed E-state index contributed by atoms with van der Waals surface area (Å²) in [5.74, 6) is 0.493. The highest BCUT2D eigenvalue weighted by Gasteiger charge is 2.54. The molecule has 3 aliphatic carbocycles.